The van der Waals surface area contributed by atoms with Gasteiger partial charge in [-0.1, -0.05) is 36.4 Å². The van der Waals surface area contributed by atoms with Crippen LogP contribution in [0.4, 0.5) is 0 Å². The number of nitrogens with zero attached hydrogens (tertiary/aromatic N) is 1. The number of aryl methyl sites for hydroxylation is 1. The van der Waals surface area contributed by atoms with E-state index < -0.39 is 5.97 Å². The highest BCUT2D eigenvalue weighted by Gasteiger charge is 2.11. The Morgan fingerprint density at radius 1 is 1.08 bits per heavy atom. The van der Waals surface area contributed by atoms with Gasteiger partial charge in [0.05, 0.1) is 12.2 Å². The Hall–Kier alpha value is -3.34. The van der Waals surface area contributed by atoms with Crippen molar-refractivity contribution in [1.29, 1.82) is 0 Å². The maximum Gasteiger partial charge on any atom is 0.263 e. The highest BCUT2D eigenvalue weighted by atomic mass is 16.4. The maximum absolute atomic E-state index is 10.4. The topological polar surface area (TPSA) is 79.3 Å². The molecule has 0 aliphatic rings. The minimum Gasteiger partial charge on any atom is -0.545 e. The fraction of sp³-hybridized carbons (Fsp3) is 0.0526. The summed E-state index contributed by atoms with van der Waals surface area (Å²) in [6.07, 6.45) is 7.82. The van der Waals surface area contributed by atoms with Crippen molar-refractivity contribution in [3.05, 3.63) is 71.3 Å². The van der Waals surface area contributed by atoms with Crippen molar-refractivity contribution in [3.8, 4) is 11.7 Å². The summed E-state index contributed by atoms with van der Waals surface area (Å²) in [7, 11) is 0. The molecule has 0 fully saturated rings. The van der Waals surface area contributed by atoms with Crippen LogP contribution in [-0.2, 0) is 4.79 Å². The molecule has 0 aliphatic carbocycles. The molecule has 3 rings (SSSR count). The fourth-order valence-corrected chi connectivity index (χ4v) is 2.13. The zero-order chi connectivity index (χ0) is 16.9. The average Bonchev–Trinajstić information content (AvgIpc) is 3.21. The van der Waals surface area contributed by atoms with Crippen molar-refractivity contribution >= 4 is 24.2 Å². The molecule has 0 bridgehead atoms. The van der Waals surface area contributed by atoms with Gasteiger partial charge in [-0.3, -0.25) is 0 Å². The summed E-state index contributed by atoms with van der Waals surface area (Å²) >= 11 is 0. The molecule has 120 valence electrons. The minimum atomic E-state index is -1.21. The first-order chi connectivity index (χ1) is 11.6. The number of hydrogen-bond acceptors (Lipinski definition) is 5. The highest BCUT2D eigenvalue weighted by Crippen LogP contribution is 2.23. The Morgan fingerprint density at radius 3 is 2.42 bits per heavy atom. The van der Waals surface area contributed by atoms with Gasteiger partial charge in [0.25, 0.3) is 5.89 Å². The Labute approximate surface area is 138 Å². The molecular weight excluding hydrogens is 306 g/mol. The monoisotopic (exact) mass is 320 g/mol. The highest BCUT2D eigenvalue weighted by molar-refractivity contribution is 5.83. The predicted octanol–water partition coefficient (Wildman–Crippen LogP) is 3.18. The van der Waals surface area contributed by atoms with Crippen molar-refractivity contribution in [2.45, 2.75) is 6.92 Å². The number of benzene rings is 1. The van der Waals surface area contributed by atoms with E-state index in [9.17, 15) is 9.90 Å². The number of rotatable bonds is 5. The number of carbonyl (C=O) groups is 1. The van der Waals surface area contributed by atoms with Crippen molar-refractivity contribution in [1.82, 2.24) is 4.98 Å². The van der Waals surface area contributed by atoms with E-state index in [1.807, 2.05) is 43.3 Å². The fourth-order valence-electron chi connectivity index (χ4n) is 2.13. The van der Waals surface area contributed by atoms with Crippen LogP contribution >= 0.6 is 0 Å². The van der Waals surface area contributed by atoms with Crippen LogP contribution in [0.1, 0.15) is 22.6 Å². The summed E-state index contributed by atoms with van der Waals surface area (Å²) in [5, 5.41) is 10.4. The molecule has 0 amide bonds. The van der Waals surface area contributed by atoms with Crippen LogP contribution in [0.2, 0.25) is 0 Å². The number of aliphatic carboxylic acids is 1. The van der Waals surface area contributed by atoms with Crippen LogP contribution in [0.3, 0.4) is 0 Å². The van der Waals surface area contributed by atoms with Crippen molar-refractivity contribution in [3.63, 3.8) is 0 Å². The molecule has 0 N–H and O–H groups in total. The van der Waals surface area contributed by atoms with Crippen LogP contribution in [0, 0.1) is 6.92 Å². The van der Waals surface area contributed by atoms with E-state index >= 15 is 0 Å². The van der Waals surface area contributed by atoms with Gasteiger partial charge in [0, 0.05) is 0 Å². The molecule has 0 saturated heterocycles. The molecule has 0 atom stereocenters. The molecule has 2 heterocycles. The molecule has 0 aliphatic heterocycles. The lowest BCUT2D eigenvalue weighted by Gasteiger charge is -1.96. The van der Waals surface area contributed by atoms with Gasteiger partial charge in [0.15, 0.2) is 5.76 Å². The second kappa shape index (κ2) is 6.83. The normalized spacial score (nSPS) is 11.5. The number of carbonyl (C=O) groups excluding carboxylic acids is 1. The molecule has 1 aromatic carbocycles. The first-order valence-corrected chi connectivity index (χ1v) is 7.30. The average molecular weight is 320 g/mol. The summed E-state index contributed by atoms with van der Waals surface area (Å²) in [5.41, 5.74) is 2.47. The van der Waals surface area contributed by atoms with Gasteiger partial charge in [-0.15, -0.1) is 0 Å². The van der Waals surface area contributed by atoms with Crippen molar-refractivity contribution < 1.29 is 18.7 Å². The standard InChI is InChI=1S/C19H15NO4/c1-13-16(20-19(24-13)17-3-2-12-23-17)10-8-14-4-6-15(7-5-14)9-11-18(21)22/h2-12H,1H3,(H,21,22)/p-1/b10-8+,11-9+. The van der Waals surface area contributed by atoms with Gasteiger partial charge in [-0.05, 0) is 42.3 Å². The van der Waals surface area contributed by atoms with Gasteiger partial charge in [-0.25, -0.2) is 4.98 Å². The quantitative estimate of drug-likeness (QED) is 0.675. The van der Waals surface area contributed by atoms with Crippen molar-refractivity contribution in [2.24, 2.45) is 0 Å². The van der Waals surface area contributed by atoms with Crippen LogP contribution in [0.25, 0.3) is 29.9 Å². The summed E-state index contributed by atoms with van der Waals surface area (Å²) < 4.78 is 10.9. The zero-order valence-corrected chi connectivity index (χ0v) is 12.9. The van der Waals surface area contributed by atoms with Crippen LogP contribution < -0.4 is 5.11 Å². The summed E-state index contributed by atoms with van der Waals surface area (Å²) in [6.45, 7) is 1.84. The Kier molecular flexibility index (Phi) is 4.43. The lowest BCUT2D eigenvalue weighted by Crippen LogP contribution is -2.18. The lowest BCUT2D eigenvalue weighted by molar-refractivity contribution is -0.297. The van der Waals surface area contributed by atoms with Crippen LogP contribution in [0.5, 0.6) is 0 Å². The van der Waals surface area contributed by atoms with Crippen LogP contribution in [-0.4, -0.2) is 11.0 Å². The summed E-state index contributed by atoms with van der Waals surface area (Å²) in [5.74, 6) is 0.515. The van der Waals surface area contributed by atoms with Gasteiger partial charge >= 0.3 is 0 Å². The van der Waals surface area contributed by atoms with E-state index in [0.717, 1.165) is 22.9 Å². The predicted molar refractivity (Wildman–Crippen MR) is 88.4 cm³/mol. The second-order valence-electron chi connectivity index (χ2n) is 5.09. The molecule has 0 spiro atoms. The van der Waals surface area contributed by atoms with Gasteiger partial charge in [0.2, 0.25) is 0 Å². The largest absolute Gasteiger partial charge is 0.545 e. The van der Waals surface area contributed by atoms with Crippen LogP contribution in [0.15, 0.2) is 57.6 Å². The van der Waals surface area contributed by atoms with E-state index in [1.165, 1.54) is 6.08 Å². The van der Waals surface area contributed by atoms with Crippen molar-refractivity contribution in [2.75, 3.05) is 0 Å². The number of hydrogen-bond donors (Lipinski definition) is 0. The Morgan fingerprint density at radius 2 is 1.79 bits per heavy atom. The maximum atomic E-state index is 10.4. The first-order valence-electron chi connectivity index (χ1n) is 7.30. The molecule has 3 aromatic rings. The number of oxazole rings is 1. The van der Waals surface area contributed by atoms with E-state index in [4.69, 9.17) is 8.83 Å². The second-order valence-corrected chi connectivity index (χ2v) is 5.09. The Balaban J connectivity index is 1.75. The summed E-state index contributed by atoms with van der Waals surface area (Å²) in [4.78, 5) is 14.8. The van der Waals surface area contributed by atoms with E-state index in [1.54, 1.807) is 18.4 Å². The Bertz CT molecular complexity index is 884. The van der Waals surface area contributed by atoms with Gasteiger partial charge in [0.1, 0.15) is 11.5 Å². The lowest BCUT2D eigenvalue weighted by atomic mass is 10.1. The minimum absolute atomic E-state index is 0.444. The number of furan rings is 1. The van der Waals surface area contributed by atoms with E-state index in [-0.39, 0.29) is 0 Å². The molecule has 0 saturated carbocycles. The first kappa shape index (κ1) is 15.6. The van der Waals surface area contributed by atoms with E-state index in [2.05, 4.69) is 4.98 Å². The molecular formula is C19H14NO4-. The molecule has 24 heavy (non-hydrogen) atoms. The van der Waals surface area contributed by atoms with Gasteiger partial charge < -0.3 is 18.7 Å². The smallest absolute Gasteiger partial charge is 0.263 e. The third-order valence-electron chi connectivity index (χ3n) is 3.35. The summed E-state index contributed by atoms with van der Waals surface area (Å²) in [6, 6.07) is 11.0. The molecule has 5 nitrogen and oxygen atoms in total. The SMILES string of the molecule is Cc1oc(-c2ccco2)nc1/C=C/c1ccc(/C=C/C(=O)[O-])cc1. The third kappa shape index (κ3) is 3.70. The molecule has 0 radical (unpaired) electrons. The van der Waals surface area contributed by atoms with Gasteiger partial charge in [-0.2, -0.15) is 0 Å². The molecule has 5 heteroatoms. The molecule has 0 unspecified atom stereocenters. The number of aromatic nitrogens is 1. The van der Waals surface area contributed by atoms with E-state index in [0.29, 0.717) is 17.4 Å². The molecule has 2 aromatic heterocycles. The number of carboxylic acids is 1. The number of carboxylic acid groups (broad SMARTS) is 1. The third-order valence-corrected chi connectivity index (χ3v) is 3.35. The zero-order valence-electron chi connectivity index (χ0n) is 12.9.